The molecule has 1 atom stereocenters. The zero-order valence-corrected chi connectivity index (χ0v) is 15.0. The van der Waals surface area contributed by atoms with Crippen molar-refractivity contribution >= 4 is 29.3 Å². The molecule has 0 radical (unpaired) electrons. The zero-order valence-electron chi connectivity index (χ0n) is 15.0. The highest BCUT2D eigenvalue weighted by atomic mass is 16.4. The molecule has 1 fully saturated rings. The van der Waals surface area contributed by atoms with E-state index in [-0.39, 0.29) is 31.3 Å². The number of urea groups is 1. The Hall–Kier alpha value is -2.77. The number of anilines is 2. The van der Waals surface area contributed by atoms with Gasteiger partial charge in [-0.25, -0.2) is 4.79 Å². The lowest BCUT2D eigenvalue weighted by molar-refractivity contribution is -0.136. The predicted octanol–water partition coefficient (Wildman–Crippen LogP) is 1.78. The average Bonchev–Trinajstić information content (AvgIpc) is 3.08. The molecule has 0 spiro atoms. The summed E-state index contributed by atoms with van der Waals surface area (Å²) in [6.45, 7) is 3.84. The Morgan fingerprint density at radius 3 is 2.65 bits per heavy atom. The van der Waals surface area contributed by atoms with Gasteiger partial charge in [0.15, 0.2) is 0 Å². The van der Waals surface area contributed by atoms with Crippen LogP contribution in [0.2, 0.25) is 0 Å². The van der Waals surface area contributed by atoms with Gasteiger partial charge in [0.25, 0.3) is 0 Å². The van der Waals surface area contributed by atoms with E-state index < -0.39 is 12.0 Å². The highest BCUT2D eigenvalue weighted by Gasteiger charge is 2.14. The van der Waals surface area contributed by atoms with E-state index in [1.807, 2.05) is 24.3 Å². The Morgan fingerprint density at radius 1 is 1.23 bits per heavy atom. The molecule has 3 amide bonds. The van der Waals surface area contributed by atoms with Crippen molar-refractivity contribution < 1.29 is 19.5 Å². The minimum absolute atomic E-state index is 0.0450. The van der Waals surface area contributed by atoms with Gasteiger partial charge in [-0.3, -0.25) is 9.59 Å². The van der Waals surface area contributed by atoms with Crippen molar-refractivity contribution in [3.63, 3.8) is 0 Å². The molecule has 0 aromatic heterocycles. The molecule has 0 aliphatic carbocycles. The zero-order chi connectivity index (χ0) is 18.9. The first-order valence-electron chi connectivity index (χ1n) is 8.85. The molecule has 1 aliphatic rings. The number of carbonyl (C=O) groups is 3. The second-order valence-electron chi connectivity index (χ2n) is 6.44. The van der Waals surface area contributed by atoms with Crippen molar-refractivity contribution in [3.05, 3.63) is 24.3 Å². The first-order valence-corrected chi connectivity index (χ1v) is 8.85. The number of nitrogens with one attached hydrogen (secondary N) is 3. The normalized spacial score (nSPS) is 14.6. The highest BCUT2D eigenvalue weighted by molar-refractivity contribution is 5.92. The van der Waals surface area contributed by atoms with Crippen molar-refractivity contribution in [2.24, 2.45) is 0 Å². The second-order valence-corrected chi connectivity index (χ2v) is 6.44. The first-order chi connectivity index (χ1) is 12.4. The van der Waals surface area contributed by atoms with Gasteiger partial charge in [-0.05, 0) is 38.0 Å². The van der Waals surface area contributed by atoms with Crippen LogP contribution in [0.25, 0.3) is 0 Å². The molecule has 2 rings (SSSR count). The van der Waals surface area contributed by atoms with E-state index in [1.165, 1.54) is 12.8 Å². The maximum Gasteiger partial charge on any atom is 0.315 e. The van der Waals surface area contributed by atoms with E-state index in [0.717, 1.165) is 24.5 Å². The summed E-state index contributed by atoms with van der Waals surface area (Å²) >= 11 is 0. The number of nitrogens with zero attached hydrogens (tertiary/aromatic N) is 1. The van der Waals surface area contributed by atoms with Crippen molar-refractivity contribution in [2.75, 3.05) is 29.9 Å². The summed E-state index contributed by atoms with van der Waals surface area (Å²) in [6.07, 6.45) is 2.36. The number of rotatable bonds is 8. The number of hydrogen-bond acceptors (Lipinski definition) is 4. The van der Waals surface area contributed by atoms with Crippen molar-refractivity contribution in [1.29, 1.82) is 0 Å². The van der Waals surface area contributed by atoms with Crippen molar-refractivity contribution in [1.82, 2.24) is 10.6 Å². The SMILES string of the molecule is CC(CC(=O)Nc1cccc(N2CCCC2)c1)NC(=O)NCCC(=O)O. The van der Waals surface area contributed by atoms with E-state index in [0.29, 0.717) is 0 Å². The van der Waals surface area contributed by atoms with E-state index in [2.05, 4.69) is 20.9 Å². The number of aliphatic carboxylic acids is 1. The maximum atomic E-state index is 12.2. The summed E-state index contributed by atoms with van der Waals surface area (Å²) < 4.78 is 0. The van der Waals surface area contributed by atoms with Crippen LogP contribution in [0.4, 0.5) is 16.2 Å². The standard InChI is InChI=1S/C18H26N4O4/c1-13(20-18(26)19-8-7-17(24)25)11-16(23)21-14-5-4-6-15(12-14)22-9-2-3-10-22/h4-6,12-13H,2-3,7-11H2,1H3,(H,21,23)(H,24,25)(H2,19,20,26). The lowest BCUT2D eigenvalue weighted by atomic mass is 10.2. The summed E-state index contributed by atoms with van der Waals surface area (Å²) in [6, 6.07) is 6.89. The van der Waals surface area contributed by atoms with Gasteiger partial charge < -0.3 is 26.0 Å². The maximum absolute atomic E-state index is 12.2. The molecule has 26 heavy (non-hydrogen) atoms. The van der Waals surface area contributed by atoms with Gasteiger partial charge >= 0.3 is 12.0 Å². The Balaban J connectivity index is 1.76. The number of amides is 3. The summed E-state index contributed by atoms with van der Waals surface area (Å²) in [5, 5.41) is 16.4. The fraction of sp³-hybridized carbons (Fsp3) is 0.500. The smallest absolute Gasteiger partial charge is 0.315 e. The first kappa shape index (κ1) is 19.6. The molecule has 1 aromatic carbocycles. The number of carbonyl (C=O) groups excluding carboxylic acids is 2. The van der Waals surface area contributed by atoms with E-state index in [4.69, 9.17) is 5.11 Å². The van der Waals surface area contributed by atoms with E-state index in [9.17, 15) is 14.4 Å². The van der Waals surface area contributed by atoms with Crippen molar-refractivity contribution in [3.8, 4) is 0 Å². The summed E-state index contributed by atoms with van der Waals surface area (Å²) in [7, 11) is 0. The third-order valence-electron chi connectivity index (χ3n) is 4.09. The third kappa shape index (κ3) is 6.62. The second kappa shape index (κ2) is 9.65. The molecule has 1 heterocycles. The Labute approximate surface area is 152 Å². The molecule has 1 unspecified atom stereocenters. The van der Waals surface area contributed by atoms with Crippen LogP contribution in [0.3, 0.4) is 0 Å². The monoisotopic (exact) mass is 362 g/mol. The molecule has 1 aliphatic heterocycles. The fourth-order valence-corrected chi connectivity index (χ4v) is 2.85. The number of hydrogen-bond donors (Lipinski definition) is 4. The largest absolute Gasteiger partial charge is 0.481 e. The van der Waals surface area contributed by atoms with Gasteiger partial charge in [-0.15, -0.1) is 0 Å². The predicted molar refractivity (Wildman–Crippen MR) is 99.4 cm³/mol. The van der Waals surface area contributed by atoms with Gasteiger partial charge in [0.2, 0.25) is 5.91 Å². The molecular formula is C18H26N4O4. The van der Waals surface area contributed by atoms with Crippen LogP contribution in [0.5, 0.6) is 0 Å². The van der Waals surface area contributed by atoms with Crippen LogP contribution >= 0.6 is 0 Å². The molecule has 1 saturated heterocycles. The molecule has 4 N–H and O–H groups in total. The van der Waals surface area contributed by atoms with E-state index >= 15 is 0 Å². The molecule has 0 saturated carbocycles. The van der Waals surface area contributed by atoms with Gasteiger partial charge in [0, 0.05) is 43.5 Å². The Kier molecular flexibility index (Phi) is 7.25. The van der Waals surface area contributed by atoms with Gasteiger partial charge in [0.05, 0.1) is 6.42 Å². The molecular weight excluding hydrogens is 336 g/mol. The topological polar surface area (TPSA) is 111 Å². The van der Waals surface area contributed by atoms with Gasteiger partial charge in [0.1, 0.15) is 0 Å². The van der Waals surface area contributed by atoms with E-state index in [1.54, 1.807) is 6.92 Å². The minimum Gasteiger partial charge on any atom is -0.481 e. The average molecular weight is 362 g/mol. The highest BCUT2D eigenvalue weighted by Crippen LogP contribution is 2.23. The van der Waals surface area contributed by atoms with Gasteiger partial charge in [-0.1, -0.05) is 6.07 Å². The number of carboxylic acid groups (broad SMARTS) is 1. The van der Waals surface area contributed by atoms with Crippen LogP contribution in [0, 0.1) is 0 Å². The van der Waals surface area contributed by atoms with Crippen LogP contribution in [-0.4, -0.2) is 48.7 Å². The number of benzene rings is 1. The van der Waals surface area contributed by atoms with Crippen LogP contribution in [0.15, 0.2) is 24.3 Å². The Bertz CT molecular complexity index is 644. The molecule has 1 aromatic rings. The van der Waals surface area contributed by atoms with Crippen molar-refractivity contribution in [2.45, 2.75) is 38.6 Å². The van der Waals surface area contributed by atoms with Crippen LogP contribution < -0.4 is 20.9 Å². The summed E-state index contributed by atoms with van der Waals surface area (Å²) in [4.78, 5) is 36.5. The quantitative estimate of drug-likeness (QED) is 0.563. The van der Waals surface area contributed by atoms with Crippen LogP contribution in [0.1, 0.15) is 32.6 Å². The lowest BCUT2D eigenvalue weighted by Crippen LogP contribution is -2.42. The third-order valence-corrected chi connectivity index (χ3v) is 4.09. The van der Waals surface area contributed by atoms with Gasteiger partial charge in [-0.2, -0.15) is 0 Å². The summed E-state index contributed by atoms with van der Waals surface area (Å²) in [5.41, 5.74) is 1.83. The fourth-order valence-electron chi connectivity index (χ4n) is 2.85. The lowest BCUT2D eigenvalue weighted by Gasteiger charge is -2.19. The Morgan fingerprint density at radius 2 is 1.96 bits per heavy atom. The minimum atomic E-state index is -0.978. The molecule has 0 bridgehead atoms. The molecule has 8 heteroatoms. The van der Waals surface area contributed by atoms with Crippen LogP contribution in [-0.2, 0) is 9.59 Å². The number of carboxylic acids is 1. The molecule has 8 nitrogen and oxygen atoms in total. The summed E-state index contributed by atoms with van der Waals surface area (Å²) in [5.74, 6) is -1.17. The molecule has 142 valence electrons.